The average Bonchev–Trinajstić information content (AvgIpc) is 2.41. The van der Waals surface area contributed by atoms with E-state index in [0.29, 0.717) is 24.8 Å². The zero-order valence-electron chi connectivity index (χ0n) is 11.3. The highest BCUT2D eigenvalue weighted by Gasteiger charge is 2.10. The van der Waals surface area contributed by atoms with Gasteiger partial charge in [-0.3, -0.25) is 10.1 Å². The van der Waals surface area contributed by atoms with Crippen molar-refractivity contribution in [3.8, 4) is 0 Å². The summed E-state index contributed by atoms with van der Waals surface area (Å²) in [6.07, 6.45) is 1.75. The minimum Gasteiger partial charge on any atom is -0.385 e. The molecule has 1 aromatic rings. The number of pyridine rings is 1. The molecule has 1 heterocycles. The van der Waals surface area contributed by atoms with Gasteiger partial charge in [0.25, 0.3) is 5.69 Å². The molecule has 0 saturated carbocycles. The molecule has 1 aromatic heterocycles. The van der Waals surface area contributed by atoms with Gasteiger partial charge in [-0.1, -0.05) is 6.92 Å². The fraction of sp³-hybridized carbons (Fsp3) is 0.583. The highest BCUT2D eigenvalue weighted by molar-refractivity contribution is 5.54. The zero-order chi connectivity index (χ0) is 14.1. The summed E-state index contributed by atoms with van der Waals surface area (Å²) in [4.78, 5) is 14.7. The van der Waals surface area contributed by atoms with Crippen molar-refractivity contribution in [2.75, 3.05) is 37.4 Å². The quantitative estimate of drug-likeness (QED) is 0.405. The summed E-state index contributed by atoms with van der Waals surface area (Å²) in [7, 11) is 1.64. The number of nitrogens with zero attached hydrogens (tertiary/aromatic N) is 2. The lowest BCUT2D eigenvalue weighted by Gasteiger charge is -2.08. The lowest BCUT2D eigenvalue weighted by molar-refractivity contribution is -0.384. The first-order valence-electron chi connectivity index (χ1n) is 6.30. The van der Waals surface area contributed by atoms with Gasteiger partial charge in [-0.15, -0.1) is 0 Å². The first-order valence-corrected chi connectivity index (χ1v) is 6.30. The van der Waals surface area contributed by atoms with E-state index in [-0.39, 0.29) is 5.69 Å². The van der Waals surface area contributed by atoms with Gasteiger partial charge in [0.05, 0.1) is 17.1 Å². The van der Waals surface area contributed by atoms with E-state index in [1.165, 1.54) is 12.1 Å². The molecule has 0 bridgehead atoms. The first kappa shape index (κ1) is 15.2. The maximum Gasteiger partial charge on any atom is 0.276 e. The van der Waals surface area contributed by atoms with Crippen LogP contribution in [0.15, 0.2) is 12.1 Å². The third kappa shape index (κ3) is 5.52. The van der Waals surface area contributed by atoms with Crippen LogP contribution in [0, 0.1) is 10.1 Å². The molecule has 0 saturated heterocycles. The predicted octanol–water partition coefficient (Wildman–Crippen LogP) is 2.26. The number of hydrogen-bond acceptors (Lipinski definition) is 6. The second-order valence-corrected chi connectivity index (χ2v) is 4.05. The van der Waals surface area contributed by atoms with E-state index in [2.05, 4.69) is 15.6 Å². The lowest BCUT2D eigenvalue weighted by atomic mass is 10.3. The van der Waals surface area contributed by atoms with Gasteiger partial charge in [-0.2, -0.15) is 0 Å². The fourth-order valence-electron chi connectivity index (χ4n) is 1.49. The number of hydrogen-bond donors (Lipinski definition) is 2. The summed E-state index contributed by atoms with van der Waals surface area (Å²) in [6.45, 7) is 4.06. The number of methoxy groups -OCH3 is 1. The van der Waals surface area contributed by atoms with Crippen LogP contribution in [0.25, 0.3) is 0 Å². The van der Waals surface area contributed by atoms with E-state index in [4.69, 9.17) is 4.74 Å². The predicted molar refractivity (Wildman–Crippen MR) is 74.7 cm³/mol. The molecule has 106 valence electrons. The van der Waals surface area contributed by atoms with Crippen LogP contribution >= 0.6 is 0 Å². The SMILES string of the molecule is CCCNc1cc([N+](=O)[O-])cc(NCCCOC)n1. The Labute approximate surface area is 112 Å². The van der Waals surface area contributed by atoms with Gasteiger partial charge in [0.2, 0.25) is 0 Å². The van der Waals surface area contributed by atoms with Crippen LogP contribution in [0.3, 0.4) is 0 Å². The second kappa shape index (κ2) is 8.25. The van der Waals surface area contributed by atoms with Crippen molar-refractivity contribution in [2.24, 2.45) is 0 Å². The third-order valence-corrected chi connectivity index (χ3v) is 2.41. The number of nitrogens with one attached hydrogen (secondary N) is 2. The van der Waals surface area contributed by atoms with Crippen molar-refractivity contribution in [3.05, 3.63) is 22.2 Å². The Bertz CT molecular complexity index is 412. The molecule has 0 aromatic carbocycles. The minimum atomic E-state index is -0.418. The Balaban J connectivity index is 2.72. The maximum absolute atomic E-state index is 10.9. The number of anilines is 2. The smallest absolute Gasteiger partial charge is 0.276 e. The third-order valence-electron chi connectivity index (χ3n) is 2.41. The molecular formula is C12H20N4O3. The average molecular weight is 268 g/mol. The Morgan fingerprint density at radius 2 is 1.95 bits per heavy atom. The van der Waals surface area contributed by atoms with Gasteiger partial charge in [0.1, 0.15) is 11.6 Å². The summed E-state index contributed by atoms with van der Waals surface area (Å²) in [6, 6.07) is 2.87. The first-order chi connectivity index (χ1) is 9.17. The minimum absolute atomic E-state index is 0.0304. The van der Waals surface area contributed by atoms with E-state index in [1.807, 2.05) is 6.92 Å². The summed E-state index contributed by atoms with van der Waals surface area (Å²) in [5.74, 6) is 1.02. The Hall–Kier alpha value is -1.89. The summed E-state index contributed by atoms with van der Waals surface area (Å²) in [5.41, 5.74) is 0.0304. The molecule has 0 aliphatic heterocycles. The molecule has 0 unspecified atom stereocenters. The van der Waals surface area contributed by atoms with E-state index < -0.39 is 4.92 Å². The highest BCUT2D eigenvalue weighted by atomic mass is 16.6. The van der Waals surface area contributed by atoms with Crippen LogP contribution < -0.4 is 10.6 Å². The maximum atomic E-state index is 10.9. The summed E-state index contributed by atoms with van der Waals surface area (Å²) < 4.78 is 4.94. The van der Waals surface area contributed by atoms with Gasteiger partial charge < -0.3 is 15.4 Å². The molecule has 0 amide bonds. The van der Waals surface area contributed by atoms with Crippen molar-refractivity contribution in [3.63, 3.8) is 0 Å². The largest absolute Gasteiger partial charge is 0.385 e. The molecule has 1 rings (SSSR count). The van der Waals surface area contributed by atoms with Crippen molar-refractivity contribution in [2.45, 2.75) is 19.8 Å². The number of rotatable bonds is 9. The standard InChI is InChI=1S/C12H20N4O3/c1-3-5-13-11-8-10(16(17)18)9-12(15-11)14-6-4-7-19-2/h8-9H,3-7H2,1-2H3,(H2,13,14,15). The van der Waals surface area contributed by atoms with Crippen LogP contribution in [0.5, 0.6) is 0 Å². The van der Waals surface area contributed by atoms with Crippen molar-refractivity contribution < 1.29 is 9.66 Å². The lowest BCUT2D eigenvalue weighted by Crippen LogP contribution is -2.09. The normalized spacial score (nSPS) is 10.2. The monoisotopic (exact) mass is 268 g/mol. The number of aromatic nitrogens is 1. The fourth-order valence-corrected chi connectivity index (χ4v) is 1.49. The van der Waals surface area contributed by atoms with Gasteiger partial charge in [-0.25, -0.2) is 4.98 Å². The molecule has 0 fully saturated rings. The van der Waals surface area contributed by atoms with Crippen molar-refractivity contribution in [1.82, 2.24) is 4.98 Å². The van der Waals surface area contributed by atoms with Crippen LogP contribution in [0.1, 0.15) is 19.8 Å². The van der Waals surface area contributed by atoms with Gasteiger partial charge in [0, 0.05) is 26.8 Å². The van der Waals surface area contributed by atoms with Crippen LogP contribution in [0.2, 0.25) is 0 Å². The molecule has 2 N–H and O–H groups in total. The van der Waals surface area contributed by atoms with Crippen molar-refractivity contribution >= 4 is 17.3 Å². The van der Waals surface area contributed by atoms with E-state index in [1.54, 1.807) is 7.11 Å². The molecule has 19 heavy (non-hydrogen) atoms. The molecule has 0 atom stereocenters. The Kier molecular flexibility index (Phi) is 6.59. The molecule has 0 aliphatic carbocycles. The summed E-state index contributed by atoms with van der Waals surface area (Å²) in [5, 5.41) is 17.0. The molecule has 0 radical (unpaired) electrons. The topological polar surface area (TPSA) is 89.3 Å². The van der Waals surface area contributed by atoms with Crippen LogP contribution in [0.4, 0.5) is 17.3 Å². The van der Waals surface area contributed by atoms with E-state index >= 15 is 0 Å². The zero-order valence-corrected chi connectivity index (χ0v) is 11.3. The van der Waals surface area contributed by atoms with Gasteiger partial charge in [-0.05, 0) is 12.8 Å². The Morgan fingerprint density at radius 1 is 1.32 bits per heavy atom. The number of nitro groups is 1. The van der Waals surface area contributed by atoms with E-state index in [0.717, 1.165) is 19.4 Å². The van der Waals surface area contributed by atoms with Crippen LogP contribution in [-0.4, -0.2) is 36.7 Å². The molecule has 0 aliphatic rings. The van der Waals surface area contributed by atoms with Crippen LogP contribution in [-0.2, 0) is 4.74 Å². The second-order valence-electron chi connectivity index (χ2n) is 4.05. The molecular weight excluding hydrogens is 248 g/mol. The van der Waals surface area contributed by atoms with Gasteiger partial charge in [0.15, 0.2) is 0 Å². The van der Waals surface area contributed by atoms with Crippen molar-refractivity contribution in [1.29, 1.82) is 0 Å². The summed E-state index contributed by atoms with van der Waals surface area (Å²) >= 11 is 0. The van der Waals surface area contributed by atoms with E-state index in [9.17, 15) is 10.1 Å². The molecule has 0 spiro atoms. The molecule has 7 nitrogen and oxygen atoms in total. The highest BCUT2D eigenvalue weighted by Crippen LogP contribution is 2.20. The van der Waals surface area contributed by atoms with Gasteiger partial charge >= 0.3 is 0 Å². The number of ether oxygens (including phenoxy) is 1. The molecule has 7 heteroatoms. The Morgan fingerprint density at radius 3 is 2.47 bits per heavy atom.